The molecule has 1 amide bonds. The van der Waals surface area contributed by atoms with E-state index in [4.69, 9.17) is 16.1 Å². The molecule has 0 bridgehead atoms. The summed E-state index contributed by atoms with van der Waals surface area (Å²) in [5.41, 5.74) is 2.55. The number of carbonyl (C=O) groups excluding carboxylic acids is 1. The van der Waals surface area contributed by atoms with Crippen LogP contribution >= 0.6 is 11.6 Å². The second-order valence-electron chi connectivity index (χ2n) is 6.04. The molecule has 0 saturated carbocycles. The van der Waals surface area contributed by atoms with Crippen LogP contribution in [0.2, 0.25) is 5.02 Å². The summed E-state index contributed by atoms with van der Waals surface area (Å²) in [6.07, 6.45) is 3.69. The fourth-order valence-corrected chi connectivity index (χ4v) is 3.06. The summed E-state index contributed by atoms with van der Waals surface area (Å²) in [5.74, 6) is 0.830. The number of benzene rings is 1. The second-order valence-corrected chi connectivity index (χ2v) is 6.44. The number of anilines is 1. The van der Waals surface area contributed by atoms with E-state index in [0.29, 0.717) is 29.7 Å². The van der Waals surface area contributed by atoms with Crippen molar-refractivity contribution in [1.29, 1.82) is 0 Å². The summed E-state index contributed by atoms with van der Waals surface area (Å²) in [6, 6.07) is 9.29. The molecule has 3 aromatic rings. The van der Waals surface area contributed by atoms with Gasteiger partial charge in [-0.15, -0.1) is 0 Å². The Hall–Kier alpha value is -2.73. The van der Waals surface area contributed by atoms with Crippen LogP contribution in [0.3, 0.4) is 0 Å². The molecule has 1 aliphatic rings. The third-order valence-electron chi connectivity index (χ3n) is 4.30. The van der Waals surface area contributed by atoms with Crippen molar-refractivity contribution in [2.75, 3.05) is 11.4 Å². The number of rotatable bonds is 3. The molecule has 2 aromatic heterocycles. The van der Waals surface area contributed by atoms with Gasteiger partial charge in [0, 0.05) is 41.6 Å². The van der Waals surface area contributed by atoms with Gasteiger partial charge in [-0.05, 0) is 36.8 Å². The van der Waals surface area contributed by atoms with Gasteiger partial charge in [0.05, 0.1) is 5.92 Å². The van der Waals surface area contributed by atoms with Crippen LogP contribution in [0.4, 0.5) is 5.69 Å². The van der Waals surface area contributed by atoms with Gasteiger partial charge >= 0.3 is 0 Å². The minimum atomic E-state index is -0.134. The van der Waals surface area contributed by atoms with Crippen LogP contribution < -0.4 is 4.90 Å². The van der Waals surface area contributed by atoms with Crippen LogP contribution in [-0.2, 0) is 4.79 Å². The van der Waals surface area contributed by atoms with Gasteiger partial charge in [0.2, 0.25) is 17.6 Å². The molecule has 0 radical (unpaired) electrons. The molecule has 0 unspecified atom stereocenters. The van der Waals surface area contributed by atoms with Crippen molar-refractivity contribution in [3.8, 4) is 11.4 Å². The van der Waals surface area contributed by atoms with E-state index < -0.39 is 0 Å². The first-order chi connectivity index (χ1) is 12.1. The number of pyridine rings is 1. The van der Waals surface area contributed by atoms with E-state index in [1.165, 1.54) is 0 Å². The molecule has 6 nitrogen and oxygen atoms in total. The van der Waals surface area contributed by atoms with E-state index in [0.717, 1.165) is 16.8 Å². The van der Waals surface area contributed by atoms with Gasteiger partial charge in [-0.3, -0.25) is 9.78 Å². The second kappa shape index (κ2) is 6.29. The van der Waals surface area contributed by atoms with E-state index in [1.54, 1.807) is 17.3 Å². The van der Waals surface area contributed by atoms with Crippen molar-refractivity contribution in [3.05, 3.63) is 59.2 Å². The number of nitrogens with zero attached hydrogens (tertiary/aromatic N) is 4. The number of halogens is 1. The fourth-order valence-electron chi connectivity index (χ4n) is 2.89. The summed E-state index contributed by atoms with van der Waals surface area (Å²) in [7, 11) is 0. The van der Waals surface area contributed by atoms with Crippen molar-refractivity contribution in [2.45, 2.75) is 19.3 Å². The Morgan fingerprint density at radius 3 is 2.96 bits per heavy atom. The van der Waals surface area contributed by atoms with Crippen LogP contribution in [0.25, 0.3) is 11.4 Å². The predicted octanol–water partition coefficient (Wildman–Crippen LogP) is 3.61. The van der Waals surface area contributed by atoms with E-state index >= 15 is 0 Å². The highest BCUT2D eigenvalue weighted by Gasteiger charge is 2.35. The number of amides is 1. The highest BCUT2D eigenvalue weighted by atomic mass is 35.5. The largest absolute Gasteiger partial charge is 0.339 e. The Morgan fingerprint density at radius 2 is 2.20 bits per heavy atom. The van der Waals surface area contributed by atoms with Gasteiger partial charge < -0.3 is 9.42 Å². The molecule has 1 saturated heterocycles. The molecule has 126 valence electrons. The zero-order chi connectivity index (χ0) is 17.4. The average molecular weight is 355 g/mol. The molecule has 1 atom stereocenters. The van der Waals surface area contributed by atoms with Crippen molar-refractivity contribution < 1.29 is 9.32 Å². The topological polar surface area (TPSA) is 72.1 Å². The molecule has 0 aliphatic carbocycles. The monoisotopic (exact) mass is 354 g/mol. The average Bonchev–Trinajstić information content (AvgIpc) is 3.25. The maximum Gasteiger partial charge on any atom is 0.232 e. The molecule has 3 heterocycles. The number of carbonyl (C=O) groups is 1. The maximum atomic E-state index is 12.4. The summed E-state index contributed by atoms with van der Waals surface area (Å²) in [6.45, 7) is 2.42. The summed E-state index contributed by atoms with van der Waals surface area (Å²) in [5, 5.41) is 4.65. The zero-order valence-corrected chi connectivity index (χ0v) is 14.3. The minimum absolute atomic E-state index is 0.0195. The predicted molar refractivity (Wildman–Crippen MR) is 93.4 cm³/mol. The third-order valence-corrected chi connectivity index (χ3v) is 4.71. The molecule has 1 aliphatic heterocycles. The van der Waals surface area contributed by atoms with Crippen LogP contribution in [0.15, 0.2) is 47.2 Å². The van der Waals surface area contributed by atoms with Crippen LogP contribution in [0, 0.1) is 6.92 Å². The van der Waals surface area contributed by atoms with Gasteiger partial charge in [0.15, 0.2) is 0 Å². The number of hydrogen-bond acceptors (Lipinski definition) is 5. The Bertz CT molecular complexity index is 926. The lowest BCUT2D eigenvalue weighted by Crippen LogP contribution is -2.24. The van der Waals surface area contributed by atoms with Crippen LogP contribution in [0.5, 0.6) is 0 Å². The summed E-state index contributed by atoms with van der Waals surface area (Å²) >= 11 is 6.18. The first-order valence-electron chi connectivity index (χ1n) is 7.92. The van der Waals surface area contributed by atoms with Gasteiger partial charge in [-0.25, -0.2) is 0 Å². The smallest absolute Gasteiger partial charge is 0.232 e. The Kier molecular flexibility index (Phi) is 3.97. The van der Waals surface area contributed by atoms with Crippen molar-refractivity contribution in [3.63, 3.8) is 0 Å². The Balaban J connectivity index is 1.56. The van der Waals surface area contributed by atoms with Crippen molar-refractivity contribution in [2.24, 2.45) is 0 Å². The molecule has 0 spiro atoms. The van der Waals surface area contributed by atoms with E-state index in [-0.39, 0.29) is 11.8 Å². The quantitative estimate of drug-likeness (QED) is 0.718. The van der Waals surface area contributed by atoms with E-state index in [9.17, 15) is 4.79 Å². The molecule has 25 heavy (non-hydrogen) atoms. The van der Waals surface area contributed by atoms with Crippen molar-refractivity contribution >= 4 is 23.2 Å². The molecule has 7 heteroatoms. The number of hydrogen-bond donors (Lipinski definition) is 0. The summed E-state index contributed by atoms with van der Waals surface area (Å²) < 4.78 is 5.38. The molecule has 1 fully saturated rings. The lowest BCUT2D eigenvalue weighted by Gasteiger charge is -2.17. The highest BCUT2D eigenvalue weighted by Crippen LogP contribution is 2.33. The van der Waals surface area contributed by atoms with E-state index in [1.807, 2.05) is 37.3 Å². The number of aromatic nitrogens is 3. The molecular weight excluding hydrogens is 340 g/mol. The third kappa shape index (κ3) is 3.00. The molecule has 0 N–H and O–H groups in total. The Morgan fingerprint density at radius 1 is 1.32 bits per heavy atom. The SMILES string of the molecule is Cc1ccc(N2C[C@H](c3nc(-c4cccnc4)no3)CC2=O)cc1Cl. The molecule has 1 aromatic carbocycles. The first-order valence-corrected chi connectivity index (χ1v) is 8.30. The normalized spacial score (nSPS) is 17.3. The molecule has 4 rings (SSSR count). The maximum absolute atomic E-state index is 12.4. The Labute approximate surface area is 149 Å². The van der Waals surface area contributed by atoms with Gasteiger partial charge in [-0.2, -0.15) is 4.98 Å². The van der Waals surface area contributed by atoms with Crippen LogP contribution in [0.1, 0.15) is 23.8 Å². The highest BCUT2D eigenvalue weighted by molar-refractivity contribution is 6.31. The van der Waals surface area contributed by atoms with Crippen molar-refractivity contribution in [1.82, 2.24) is 15.1 Å². The standard InChI is InChI=1S/C18H15ClN4O2/c1-11-4-5-14(8-15(11)19)23-10-13(7-16(23)24)18-21-17(22-25-18)12-3-2-6-20-9-12/h2-6,8-9,13H,7,10H2,1H3/t13-/m1/s1. The van der Waals surface area contributed by atoms with Gasteiger partial charge in [-0.1, -0.05) is 22.8 Å². The molecular formula is C18H15ClN4O2. The first kappa shape index (κ1) is 15.8. The lowest BCUT2D eigenvalue weighted by atomic mass is 10.1. The van der Waals surface area contributed by atoms with Gasteiger partial charge in [0.25, 0.3) is 0 Å². The van der Waals surface area contributed by atoms with E-state index in [2.05, 4.69) is 15.1 Å². The van der Waals surface area contributed by atoms with Gasteiger partial charge in [0.1, 0.15) is 0 Å². The lowest BCUT2D eigenvalue weighted by molar-refractivity contribution is -0.117. The zero-order valence-electron chi connectivity index (χ0n) is 13.5. The fraction of sp³-hybridized carbons (Fsp3) is 0.222. The van der Waals surface area contributed by atoms with Crippen LogP contribution in [-0.4, -0.2) is 27.6 Å². The summed E-state index contributed by atoms with van der Waals surface area (Å²) in [4.78, 5) is 22.6. The minimum Gasteiger partial charge on any atom is -0.339 e. The number of aryl methyl sites for hydroxylation is 1.